The number of ether oxygens (including phenoxy) is 2. The van der Waals surface area contributed by atoms with Crippen LogP contribution in [-0.2, 0) is 0 Å². The summed E-state index contributed by atoms with van der Waals surface area (Å²) in [5, 5.41) is 9.02. The molecule has 2 rings (SSSR count). The van der Waals surface area contributed by atoms with Gasteiger partial charge in [-0.25, -0.2) is 4.79 Å². The summed E-state index contributed by atoms with van der Waals surface area (Å²) < 4.78 is 10.5. The predicted molar refractivity (Wildman–Crippen MR) is 68.4 cm³/mol. The molecule has 0 aromatic carbocycles. The predicted octanol–water partition coefficient (Wildman–Crippen LogP) is 1.19. The summed E-state index contributed by atoms with van der Waals surface area (Å²) in [5.74, 6) is 0.683. The molecule has 104 valence electrons. The van der Waals surface area contributed by atoms with Crippen molar-refractivity contribution in [1.29, 1.82) is 0 Å². The van der Waals surface area contributed by atoms with E-state index in [1.165, 1.54) is 12.0 Å². The largest absolute Gasteiger partial charge is 0.479 e. The molecule has 0 radical (unpaired) electrons. The highest BCUT2D eigenvalue weighted by atomic mass is 16.5. The second-order valence-electron chi connectivity index (χ2n) is 4.33. The van der Waals surface area contributed by atoms with Gasteiger partial charge >= 0.3 is 6.09 Å². The zero-order chi connectivity index (χ0) is 13.8. The highest BCUT2D eigenvalue weighted by molar-refractivity contribution is 5.65. The molecule has 1 saturated heterocycles. The lowest BCUT2D eigenvalue weighted by molar-refractivity contribution is 0.122. The molecule has 0 saturated carbocycles. The number of hydrogen-bond donors (Lipinski definition) is 2. The number of rotatable bonds is 4. The summed E-state index contributed by atoms with van der Waals surface area (Å²) in [5.41, 5.74) is 6.08. The number of likely N-dealkylation sites (tertiary alicyclic amines) is 1. The molecular formula is C12H17N3O4. The van der Waals surface area contributed by atoms with Crippen molar-refractivity contribution in [1.82, 2.24) is 9.88 Å². The van der Waals surface area contributed by atoms with Gasteiger partial charge in [-0.3, -0.25) is 0 Å². The first-order chi connectivity index (χ1) is 9.11. The van der Waals surface area contributed by atoms with Crippen molar-refractivity contribution in [2.45, 2.75) is 18.9 Å². The Morgan fingerprint density at radius 1 is 1.63 bits per heavy atom. The number of pyridine rings is 1. The molecule has 3 N–H and O–H groups in total. The summed E-state index contributed by atoms with van der Waals surface area (Å²) >= 11 is 0. The van der Waals surface area contributed by atoms with Crippen molar-refractivity contribution < 1.29 is 19.4 Å². The Kier molecular flexibility index (Phi) is 3.94. The van der Waals surface area contributed by atoms with Gasteiger partial charge in [-0.15, -0.1) is 0 Å². The number of carbonyl (C=O) groups is 1. The highest BCUT2D eigenvalue weighted by Gasteiger charge is 2.29. The van der Waals surface area contributed by atoms with Gasteiger partial charge in [-0.1, -0.05) is 0 Å². The molecule has 19 heavy (non-hydrogen) atoms. The number of nitrogens with zero attached hydrogens (tertiary/aromatic N) is 2. The first kappa shape index (κ1) is 13.3. The van der Waals surface area contributed by atoms with Crippen LogP contribution in [0.4, 0.5) is 10.5 Å². The van der Waals surface area contributed by atoms with Gasteiger partial charge in [-0.2, -0.15) is 4.98 Å². The highest BCUT2D eigenvalue weighted by Crippen LogP contribution is 2.23. The average Bonchev–Trinajstić information content (AvgIpc) is 2.86. The van der Waals surface area contributed by atoms with Crippen molar-refractivity contribution >= 4 is 11.8 Å². The van der Waals surface area contributed by atoms with Crippen molar-refractivity contribution in [2.24, 2.45) is 0 Å². The Bertz CT molecular complexity index is 466. The summed E-state index contributed by atoms with van der Waals surface area (Å²) in [6, 6.07) is 3.16. The molecular weight excluding hydrogens is 250 g/mol. The van der Waals surface area contributed by atoms with Gasteiger partial charge in [-0.05, 0) is 18.9 Å². The van der Waals surface area contributed by atoms with Crippen LogP contribution in [0.2, 0.25) is 0 Å². The molecule has 1 aliphatic rings. The Hall–Kier alpha value is -2.18. The Balaban J connectivity index is 1.97. The number of aromatic nitrogens is 1. The van der Waals surface area contributed by atoms with Crippen LogP contribution in [0.15, 0.2) is 12.1 Å². The molecule has 0 aliphatic carbocycles. The monoisotopic (exact) mass is 267 g/mol. The summed E-state index contributed by atoms with van der Waals surface area (Å²) in [7, 11) is 1.48. The van der Waals surface area contributed by atoms with Crippen LogP contribution < -0.4 is 15.2 Å². The molecule has 7 nitrogen and oxygen atoms in total. The number of hydrogen-bond acceptors (Lipinski definition) is 5. The SMILES string of the molecule is COc1nc(OCC2CCCN2C(=O)O)ccc1N. The fourth-order valence-electron chi connectivity index (χ4n) is 2.12. The van der Waals surface area contributed by atoms with Gasteiger partial charge in [0.1, 0.15) is 6.61 Å². The van der Waals surface area contributed by atoms with Gasteiger partial charge in [0, 0.05) is 12.6 Å². The van der Waals surface area contributed by atoms with Crippen molar-refractivity contribution in [3.8, 4) is 11.8 Å². The number of methoxy groups -OCH3 is 1. The topological polar surface area (TPSA) is 97.9 Å². The van der Waals surface area contributed by atoms with Gasteiger partial charge in [0.2, 0.25) is 11.8 Å². The second-order valence-corrected chi connectivity index (χ2v) is 4.33. The van der Waals surface area contributed by atoms with Crippen molar-refractivity contribution in [3.05, 3.63) is 12.1 Å². The summed E-state index contributed by atoms with van der Waals surface area (Å²) in [4.78, 5) is 16.5. The van der Waals surface area contributed by atoms with Gasteiger partial charge in [0.25, 0.3) is 0 Å². The molecule has 1 aromatic rings. The quantitative estimate of drug-likeness (QED) is 0.850. The van der Waals surface area contributed by atoms with Crippen LogP contribution in [0.25, 0.3) is 0 Å². The molecule has 1 fully saturated rings. The van der Waals surface area contributed by atoms with E-state index in [2.05, 4.69) is 4.98 Å². The van der Waals surface area contributed by atoms with Crippen LogP contribution in [0.1, 0.15) is 12.8 Å². The van der Waals surface area contributed by atoms with E-state index in [0.717, 1.165) is 12.8 Å². The summed E-state index contributed by atoms with van der Waals surface area (Å²) in [6.45, 7) is 0.841. The van der Waals surface area contributed by atoms with E-state index >= 15 is 0 Å². The van der Waals surface area contributed by atoms with Crippen LogP contribution in [-0.4, -0.2) is 47.4 Å². The molecule has 1 amide bonds. The van der Waals surface area contributed by atoms with Gasteiger partial charge in [0.15, 0.2) is 0 Å². The molecule has 7 heteroatoms. The second kappa shape index (κ2) is 5.64. The normalized spacial score (nSPS) is 18.4. The molecule has 1 aromatic heterocycles. The molecule has 0 bridgehead atoms. The van der Waals surface area contributed by atoms with E-state index in [4.69, 9.17) is 20.3 Å². The van der Waals surface area contributed by atoms with Crippen LogP contribution in [0, 0.1) is 0 Å². The van der Waals surface area contributed by atoms with Crippen LogP contribution in [0.5, 0.6) is 11.8 Å². The van der Waals surface area contributed by atoms with Gasteiger partial charge in [0.05, 0.1) is 18.8 Å². The van der Waals surface area contributed by atoms with E-state index in [1.54, 1.807) is 12.1 Å². The average molecular weight is 267 g/mol. The van der Waals surface area contributed by atoms with Crippen molar-refractivity contribution in [3.63, 3.8) is 0 Å². The number of carboxylic acid groups (broad SMARTS) is 1. The smallest absolute Gasteiger partial charge is 0.407 e. The molecule has 1 atom stereocenters. The maximum absolute atomic E-state index is 11.0. The zero-order valence-corrected chi connectivity index (χ0v) is 10.7. The first-order valence-corrected chi connectivity index (χ1v) is 6.04. The Morgan fingerprint density at radius 3 is 3.11 bits per heavy atom. The molecule has 2 heterocycles. The third kappa shape index (κ3) is 2.98. The zero-order valence-electron chi connectivity index (χ0n) is 10.7. The van der Waals surface area contributed by atoms with E-state index in [0.29, 0.717) is 24.0 Å². The fraction of sp³-hybridized carbons (Fsp3) is 0.500. The van der Waals surface area contributed by atoms with E-state index < -0.39 is 6.09 Å². The Morgan fingerprint density at radius 2 is 2.42 bits per heavy atom. The minimum atomic E-state index is -0.908. The summed E-state index contributed by atoms with van der Waals surface area (Å²) in [6.07, 6.45) is 0.756. The third-order valence-electron chi connectivity index (χ3n) is 3.10. The third-order valence-corrected chi connectivity index (χ3v) is 3.10. The number of anilines is 1. The van der Waals surface area contributed by atoms with Crippen LogP contribution >= 0.6 is 0 Å². The number of amides is 1. The van der Waals surface area contributed by atoms with E-state index in [1.807, 2.05) is 0 Å². The molecule has 1 aliphatic heterocycles. The van der Waals surface area contributed by atoms with Gasteiger partial charge < -0.3 is 25.2 Å². The minimum Gasteiger partial charge on any atom is -0.479 e. The standard InChI is InChI=1S/C12H17N3O4/c1-18-11-9(13)4-5-10(14-11)19-7-8-3-2-6-15(8)12(16)17/h4-5,8H,2-3,6-7,13H2,1H3,(H,16,17). The fourth-order valence-corrected chi connectivity index (χ4v) is 2.12. The number of nitrogen functional groups attached to an aromatic ring is 1. The van der Waals surface area contributed by atoms with E-state index in [9.17, 15) is 4.79 Å². The van der Waals surface area contributed by atoms with Crippen LogP contribution in [0.3, 0.4) is 0 Å². The lowest BCUT2D eigenvalue weighted by atomic mass is 10.2. The van der Waals surface area contributed by atoms with E-state index in [-0.39, 0.29) is 12.6 Å². The molecule has 1 unspecified atom stereocenters. The maximum atomic E-state index is 11.0. The Labute approximate surface area is 110 Å². The number of nitrogens with two attached hydrogens (primary N) is 1. The lowest BCUT2D eigenvalue weighted by Crippen LogP contribution is -2.38. The van der Waals surface area contributed by atoms with Crippen molar-refractivity contribution in [2.75, 3.05) is 26.0 Å². The lowest BCUT2D eigenvalue weighted by Gasteiger charge is -2.21. The maximum Gasteiger partial charge on any atom is 0.407 e. The first-order valence-electron chi connectivity index (χ1n) is 6.04. The minimum absolute atomic E-state index is 0.122. The molecule has 0 spiro atoms.